The molecule has 146 valence electrons. The van der Waals surface area contributed by atoms with E-state index in [1.165, 1.54) is 25.1 Å². The van der Waals surface area contributed by atoms with E-state index in [-0.39, 0.29) is 24.4 Å². The van der Waals surface area contributed by atoms with Crippen molar-refractivity contribution >= 4 is 34.1 Å². The molecule has 0 fully saturated rings. The first kappa shape index (κ1) is 19.7. The molecule has 0 radical (unpaired) electrons. The predicted molar refractivity (Wildman–Crippen MR) is 109 cm³/mol. The third-order valence-corrected chi connectivity index (χ3v) is 4.68. The fourth-order valence-electron chi connectivity index (χ4n) is 2.89. The third kappa shape index (κ3) is 3.94. The fourth-order valence-corrected chi connectivity index (χ4v) is 3.13. The van der Waals surface area contributed by atoms with Gasteiger partial charge in [-0.3, -0.25) is 14.2 Å². The number of carbonyl (C=O) groups is 1. The van der Waals surface area contributed by atoms with Gasteiger partial charge in [0.15, 0.2) is 0 Å². The highest BCUT2D eigenvalue weighted by molar-refractivity contribution is 6.32. The zero-order valence-corrected chi connectivity index (χ0v) is 16.5. The van der Waals surface area contributed by atoms with Crippen LogP contribution in [0.1, 0.15) is 12.0 Å². The van der Waals surface area contributed by atoms with Gasteiger partial charge in [0.2, 0.25) is 5.91 Å². The molecule has 3 aromatic rings. The fraction of sp³-hybridized carbons (Fsp3) is 0.250. The lowest BCUT2D eigenvalue weighted by atomic mass is 10.1. The highest BCUT2D eigenvalue weighted by Crippen LogP contribution is 2.35. The van der Waals surface area contributed by atoms with Gasteiger partial charge in [-0.25, -0.2) is 4.98 Å². The molecule has 1 N–H and O–H groups in total. The maximum absolute atomic E-state index is 12.6. The zero-order valence-electron chi connectivity index (χ0n) is 15.8. The minimum Gasteiger partial charge on any atom is -0.495 e. The second-order valence-electron chi connectivity index (χ2n) is 6.20. The summed E-state index contributed by atoms with van der Waals surface area (Å²) >= 11 is 6.12. The summed E-state index contributed by atoms with van der Waals surface area (Å²) < 4.78 is 11.8. The van der Waals surface area contributed by atoms with Crippen molar-refractivity contribution in [2.75, 3.05) is 19.5 Å². The third-order valence-electron chi connectivity index (χ3n) is 4.38. The Balaban J connectivity index is 1.75. The molecule has 0 aliphatic rings. The van der Waals surface area contributed by atoms with Gasteiger partial charge < -0.3 is 14.8 Å². The second kappa shape index (κ2) is 8.31. The molecule has 0 saturated heterocycles. The highest BCUT2D eigenvalue weighted by atomic mass is 35.5. The van der Waals surface area contributed by atoms with Crippen LogP contribution in [0, 0.1) is 6.92 Å². The standard InChI is InChI=1S/C20H20ClN3O4/c1-12-5-4-6-13-19(12)22-11-24(20(13)26)8-7-18(25)23-15-9-14(21)16(27-2)10-17(15)28-3/h4-6,9-11H,7-8H2,1-3H3,(H,23,25). The van der Waals surface area contributed by atoms with Crippen molar-refractivity contribution in [3.8, 4) is 11.5 Å². The molecule has 2 aromatic carbocycles. The molecule has 0 atom stereocenters. The SMILES string of the molecule is COc1cc(OC)c(NC(=O)CCn2cnc3c(C)cccc3c2=O)cc1Cl. The largest absolute Gasteiger partial charge is 0.495 e. The molecular formula is C20H20ClN3O4. The van der Waals surface area contributed by atoms with E-state index in [1.807, 2.05) is 19.1 Å². The number of amides is 1. The van der Waals surface area contributed by atoms with E-state index in [4.69, 9.17) is 21.1 Å². The molecule has 1 heterocycles. The van der Waals surface area contributed by atoms with Gasteiger partial charge in [0.25, 0.3) is 5.56 Å². The number of anilines is 1. The van der Waals surface area contributed by atoms with Gasteiger partial charge in [-0.1, -0.05) is 23.7 Å². The number of hydrogen-bond donors (Lipinski definition) is 1. The van der Waals surface area contributed by atoms with Crippen LogP contribution in [0.4, 0.5) is 5.69 Å². The number of hydrogen-bond acceptors (Lipinski definition) is 5. The Hall–Kier alpha value is -3.06. The van der Waals surface area contributed by atoms with Crippen molar-refractivity contribution in [3.63, 3.8) is 0 Å². The number of carbonyl (C=O) groups excluding carboxylic acids is 1. The van der Waals surface area contributed by atoms with Gasteiger partial charge >= 0.3 is 0 Å². The number of nitrogens with zero attached hydrogens (tertiary/aromatic N) is 2. The number of ether oxygens (including phenoxy) is 2. The topological polar surface area (TPSA) is 82.4 Å². The number of halogens is 1. The van der Waals surface area contributed by atoms with Crippen LogP contribution in [0.25, 0.3) is 10.9 Å². The molecule has 0 aliphatic heterocycles. The summed E-state index contributed by atoms with van der Waals surface area (Å²) in [7, 11) is 2.98. The minimum absolute atomic E-state index is 0.0890. The number of rotatable bonds is 6. The molecule has 1 aromatic heterocycles. The summed E-state index contributed by atoms with van der Waals surface area (Å²) in [6.45, 7) is 2.10. The Labute approximate surface area is 166 Å². The van der Waals surface area contributed by atoms with E-state index < -0.39 is 0 Å². The van der Waals surface area contributed by atoms with Crippen LogP contribution in [0.2, 0.25) is 5.02 Å². The number of fused-ring (bicyclic) bond motifs is 1. The average molecular weight is 402 g/mol. The van der Waals surface area contributed by atoms with Gasteiger partial charge in [0.1, 0.15) is 11.5 Å². The Morgan fingerprint density at radius 2 is 1.96 bits per heavy atom. The lowest BCUT2D eigenvalue weighted by Gasteiger charge is -2.13. The molecule has 8 heteroatoms. The Kier molecular flexibility index (Phi) is 5.84. The Morgan fingerprint density at radius 3 is 2.68 bits per heavy atom. The summed E-state index contributed by atoms with van der Waals surface area (Å²) in [6.07, 6.45) is 1.56. The Morgan fingerprint density at radius 1 is 1.21 bits per heavy atom. The molecule has 28 heavy (non-hydrogen) atoms. The molecule has 3 rings (SSSR count). The first-order valence-electron chi connectivity index (χ1n) is 8.60. The minimum atomic E-state index is -0.282. The Bertz CT molecular complexity index is 1090. The normalized spacial score (nSPS) is 10.7. The highest BCUT2D eigenvalue weighted by Gasteiger charge is 2.13. The first-order chi connectivity index (χ1) is 13.4. The van der Waals surface area contributed by atoms with Crippen molar-refractivity contribution < 1.29 is 14.3 Å². The van der Waals surface area contributed by atoms with E-state index in [0.717, 1.165) is 5.56 Å². The van der Waals surface area contributed by atoms with Crippen molar-refractivity contribution in [1.82, 2.24) is 9.55 Å². The average Bonchev–Trinajstić information content (AvgIpc) is 2.68. The van der Waals surface area contributed by atoms with Crippen molar-refractivity contribution in [3.05, 3.63) is 57.6 Å². The predicted octanol–water partition coefficient (Wildman–Crippen LogP) is 3.40. The summed E-state index contributed by atoms with van der Waals surface area (Å²) in [6, 6.07) is 8.61. The maximum atomic E-state index is 12.6. The number of methoxy groups -OCH3 is 2. The molecule has 1 amide bonds. The van der Waals surface area contributed by atoms with Gasteiger partial charge in [-0.05, 0) is 24.6 Å². The van der Waals surface area contributed by atoms with Crippen molar-refractivity contribution in [2.45, 2.75) is 19.9 Å². The number of benzene rings is 2. The van der Waals surface area contributed by atoms with Crippen molar-refractivity contribution in [1.29, 1.82) is 0 Å². The molecular weight excluding hydrogens is 382 g/mol. The van der Waals surface area contributed by atoms with Gasteiger partial charge in [0.05, 0.1) is 42.2 Å². The second-order valence-corrected chi connectivity index (χ2v) is 6.61. The smallest absolute Gasteiger partial charge is 0.261 e. The number of aryl methyl sites for hydroxylation is 2. The van der Waals surface area contributed by atoms with Crippen LogP contribution in [0.3, 0.4) is 0 Å². The molecule has 0 saturated carbocycles. The monoisotopic (exact) mass is 401 g/mol. The van der Waals surface area contributed by atoms with Crippen LogP contribution in [-0.2, 0) is 11.3 Å². The zero-order chi connectivity index (χ0) is 20.3. The quantitative estimate of drug-likeness (QED) is 0.684. The van der Waals surface area contributed by atoms with Crippen LogP contribution >= 0.6 is 11.6 Å². The molecule has 0 unspecified atom stereocenters. The number of para-hydroxylation sites is 1. The van der Waals surface area contributed by atoms with E-state index in [9.17, 15) is 9.59 Å². The van der Waals surface area contributed by atoms with E-state index in [1.54, 1.807) is 18.2 Å². The lowest BCUT2D eigenvalue weighted by Crippen LogP contribution is -2.24. The van der Waals surface area contributed by atoms with Crippen molar-refractivity contribution in [2.24, 2.45) is 0 Å². The van der Waals surface area contributed by atoms with Crippen LogP contribution < -0.4 is 20.3 Å². The van der Waals surface area contributed by atoms with Crippen LogP contribution in [-0.4, -0.2) is 29.7 Å². The van der Waals surface area contributed by atoms with E-state index >= 15 is 0 Å². The number of nitrogens with one attached hydrogen (secondary N) is 1. The van der Waals surface area contributed by atoms with E-state index in [2.05, 4.69) is 10.3 Å². The molecule has 0 aliphatic carbocycles. The summed E-state index contributed by atoms with van der Waals surface area (Å²) in [5.41, 5.74) is 1.86. The van der Waals surface area contributed by atoms with E-state index in [0.29, 0.717) is 33.1 Å². The van der Waals surface area contributed by atoms with Gasteiger partial charge in [0, 0.05) is 19.0 Å². The lowest BCUT2D eigenvalue weighted by molar-refractivity contribution is -0.116. The number of aromatic nitrogens is 2. The van der Waals surface area contributed by atoms with Gasteiger partial charge in [-0.2, -0.15) is 0 Å². The summed E-state index contributed by atoms with van der Waals surface area (Å²) in [5.74, 6) is 0.589. The summed E-state index contributed by atoms with van der Waals surface area (Å²) in [5, 5.41) is 3.63. The summed E-state index contributed by atoms with van der Waals surface area (Å²) in [4.78, 5) is 29.3. The molecule has 7 nitrogen and oxygen atoms in total. The van der Waals surface area contributed by atoms with Crippen LogP contribution in [0.15, 0.2) is 41.5 Å². The maximum Gasteiger partial charge on any atom is 0.261 e. The van der Waals surface area contributed by atoms with Crippen LogP contribution in [0.5, 0.6) is 11.5 Å². The molecule has 0 bridgehead atoms. The van der Waals surface area contributed by atoms with Gasteiger partial charge in [-0.15, -0.1) is 0 Å². The molecule has 0 spiro atoms. The first-order valence-corrected chi connectivity index (χ1v) is 8.98.